The molecule has 19 heavy (non-hydrogen) atoms. The maximum absolute atomic E-state index is 12.1. The van der Waals surface area contributed by atoms with Crippen molar-refractivity contribution in [2.45, 2.75) is 18.1 Å². The molecular formula is C10H9BrF3NO4. The molecule has 5 nitrogen and oxygen atoms in total. The molecule has 0 aliphatic heterocycles. The van der Waals surface area contributed by atoms with Gasteiger partial charge in [-0.25, -0.2) is 0 Å². The molecule has 106 valence electrons. The number of hydrogen-bond donors (Lipinski definition) is 1. The highest BCUT2D eigenvalue weighted by molar-refractivity contribution is 9.08. The Morgan fingerprint density at radius 3 is 2.58 bits per heavy atom. The van der Waals surface area contributed by atoms with Crippen LogP contribution in [0.4, 0.5) is 13.2 Å². The largest absolute Gasteiger partial charge is 0.573 e. The standard InChI is InChI=1S/C10H9BrF3NO4/c1-18-8(16)3-5-2-7(19-10(12,13)14)9(17)15-6(5)4-11/h2H,3-4H2,1H3,(H,15,17). The Bertz CT molecular complexity index is 526. The number of carbonyl (C=O) groups excluding carboxylic acids is 1. The molecule has 1 aromatic heterocycles. The molecule has 1 N–H and O–H groups in total. The second-order valence-electron chi connectivity index (χ2n) is 3.40. The summed E-state index contributed by atoms with van der Waals surface area (Å²) in [6.45, 7) is 0. The van der Waals surface area contributed by atoms with E-state index in [9.17, 15) is 22.8 Å². The van der Waals surface area contributed by atoms with E-state index < -0.39 is 23.6 Å². The summed E-state index contributed by atoms with van der Waals surface area (Å²) in [6.07, 6.45) is -5.26. The van der Waals surface area contributed by atoms with Crippen LogP contribution in [0.1, 0.15) is 11.3 Å². The minimum Gasteiger partial charge on any atom is -0.469 e. The van der Waals surface area contributed by atoms with E-state index in [0.717, 1.165) is 13.2 Å². The molecule has 0 fully saturated rings. The van der Waals surface area contributed by atoms with E-state index in [1.165, 1.54) is 0 Å². The molecule has 0 bridgehead atoms. The topological polar surface area (TPSA) is 68.4 Å². The van der Waals surface area contributed by atoms with Crippen molar-refractivity contribution >= 4 is 21.9 Å². The number of H-pyrrole nitrogens is 1. The highest BCUT2D eigenvalue weighted by Gasteiger charge is 2.32. The Hall–Kier alpha value is -1.51. The van der Waals surface area contributed by atoms with Crippen molar-refractivity contribution in [2.75, 3.05) is 7.11 Å². The molecule has 9 heteroatoms. The van der Waals surface area contributed by atoms with E-state index in [2.05, 4.69) is 30.4 Å². The molecule has 0 radical (unpaired) electrons. The van der Waals surface area contributed by atoms with Gasteiger partial charge >= 0.3 is 12.3 Å². The molecule has 0 spiro atoms. The predicted octanol–water partition coefficient (Wildman–Crippen LogP) is 1.88. The summed E-state index contributed by atoms with van der Waals surface area (Å²) < 4.78 is 44.3. The fraction of sp³-hybridized carbons (Fsp3) is 0.400. The number of halogens is 4. The van der Waals surface area contributed by atoms with Crippen LogP contribution in [-0.2, 0) is 21.3 Å². The number of aromatic amines is 1. The normalized spacial score (nSPS) is 11.2. The SMILES string of the molecule is COC(=O)Cc1cc(OC(F)(F)F)c(=O)[nH]c1CBr. The van der Waals surface area contributed by atoms with Gasteiger partial charge < -0.3 is 14.5 Å². The number of esters is 1. The van der Waals surface area contributed by atoms with Crippen LogP contribution in [0.25, 0.3) is 0 Å². The zero-order chi connectivity index (χ0) is 14.6. The molecule has 0 atom stereocenters. The van der Waals surface area contributed by atoms with Gasteiger partial charge in [0.1, 0.15) is 0 Å². The number of aromatic nitrogens is 1. The van der Waals surface area contributed by atoms with E-state index in [1.807, 2.05) is 0 Å². The Balaban J connectivity index is 3.18. The monoisotopic (exact) mass is 343 g/mol. The van der Waals surface area contributed by atoms with Gasteiger partial charge in [-0.3, -0.25) is 9.59 Å². The number of rotatable bonds is 4. The van der Waals surface area contributed by atoms with E-state index >= 15 is 0 Å². The number of nitrogens with one attached hydrogen (secondary N) is 1. The first-order valence-corrected chi connectivity index (χ1v) is 6.02. The molecule has 1 heterocycles. The van der Waals surface area contributed by atoms with Gasteiger partial charge in [-0.2, -0.15) is 0 Å². The molecule has 0 aliphatic rings. The molecule has 0 unspecified atom stereocenters. The summed E-state index contributed by atoms with van der Waals surface area (Å²) in [4.78, 5) is 24.7. The van der Waals surface area contributed by atoms with Gasteiger partial charge in [-0.15, -0.1) is 13.2 Å². The van der Waals surface area contributed by atoms with Gasteiger partial charge in [-0.1, -0.05) is 15.9 Å². The molecule has 1 aromatic rings. The van der Waals surface area contributed by atoms with Crippen molar-refractivity contribution < 1.29 is 27.4 Å². The van der Waals surface area contributed by atoms with E-state index in [1.54, 1.807) is 0 Å². The van der Waals surface area contributed by atoms with Crippen LogP contribution in [0.2, 0.25) is 0 Å². The summed E-state index contributed by atoms with van der Waals surface area (Å²) in [5.74, 6) is -1.57. The van der Waals surface area contributed by atoms with Crippen molar-refractivity contribution in [1.82, 2.24) is 4.98 Å². The molecule has 0 amide bonds. The molecule has 1 rings (SSSR count). The minimum atomic E-state index is -4.98. The van der Waals surface area contributed by atoms with Crippen molar-refractivity contribution in [3.8, 4) is 5.75 Å². The van der Waals surface area contributed by atoms with Crippen molar-refractivity contribution in [3.05, 3.63) is 27.7 Å². The average molecular weight is 344 g/mol. The van der Waals surface area contributed by atoms with Crippen LogP contribution >= 0.6 is 15.9 Å². The Labute approximate surface area is 113 Å². The van der Waals surface area contributed by atoms with Crippen molar-refractivity contribution in [2.24, 2.45) is 0 Å². The lowest BCUT2D eigenvalue weighted by Gasteiger charge is -2.11. The smallest absolute Gasteiger partial charge is 0.469 e. The number of ether oxygens (including phenoxy) is 2. The van der Waals surface area contributed by atoms with Crippen LogP contribution in [0.15, 0.2) is 10.9 Å². The van der Waals surface area contributed by atoms with Crippen LogP contribution in [0.5, 0.6) is 5.75 Å². The number of alkyl halides is 4. The number of methoxy groups -OCH3 is 1. The molecule has 0 aromatic carbocycles. The molecule has 0 aliphatic carbocycles. The lowest BCUT2D eigenvalue weighted by Crippen LogP contribution is -2.24. The fourth-order valence-corrected chi connectivity index (χ4v) is 1.80. The molecule has 0 saturated heterocycles. The first kappa shape index (κ1) is 15.5. The highest BCUT2D eigenvalue weighted by atomic mass is 79.9. The van der Waals surface area contributed by atoms with Crippen LogP contribution in [0, 0.1) is 0 Å². The van der Waals surface area contributed by atoms with Crippen LogP contribution in [0.3, 0.4) is 0 Å². The van der Waals surface area contributed by atoms with Gasteiger partial charge in [0.15, 0.2) is 5.75 Å². The van der Waals surface area contributed by atoms with Gasteiger partial charge in [0.2, 0.25) is 0 Å². The Morgan fingerprint density at radius 1 is 1.47 bits per heavy atom. The van der Waals surface area contributed by atoms with Crippen LogP contribution in [-0.4, -0.2) is 24.4 Å². The third kappa shape index (κ3) is 4.58. The lowest BCUT2D eigenvalue weighted by atomic mass is 10.1. The predicted molar refractivity (Wildman–Crippen MR) is 62.1 cm³/mol. The zero-order valence-electron chi connectivity index (χ0n) is 9.64. The molecule has 0 saturated carbocycles. The van der Waals surface area contributed by atoms with Crippen molar-refractivity contribution in [1.29, 1.82) is 0 Å². The summed E-state index contributed by atoms with van der Waals surface area (Å²) in [5.41, 5.74) is -0.562. The first-order chi connectivity index (χ1) is 8.76. The van der Waals surface area contributed by atoms with E-state index in [4.69, 9.17) is 0 Å². The van der Waals surface area contributed by atoms with E-state index in [-0.39, 0.29) is 23.0 Å². The van der Waals surface area contributed by atoms with Gasteiger partial charge in [0.05, 0.1) is 13.5 Å². The second kappa shape index (κ2) is 6.09. The maximum atomic E-state index is 12.1. The number of pyridine rings is 1. The zero-order valence-corrected chi connectivity index (χ0v) is 11.2. The highest BCUT2D eigenvalue weighted by Crippen LogP contribution is 2.22. The summed E-state index contributed by atoms with van der Waals surface area (Å²) >= 11 is 3.06. The maximum Gasteiger partial charge on any atom is 0.573 e. The summed E-state index contributed by atoms with van der Waals surface area (Å²) in [6, 6.07) is 0.875. The number of carbonyl (C=O) groups is 1. The van der Waals surface area contributed by atoms with Gasteiger partial charge in [-0.05, 0) is 11.6 Å². The third-order valence-electron chi connectivity index (χ3n) is 2.10. The quantitative estimate of drug-likeness (QED) is 0.669. The van der Waals surface area contributed by atoms with Gasteiger partial charge in [0, 0.05) is 11.0 Å². The number of hydrogen-bond acceptors (Lipinski definition) is 4. The lowest BCUT2D eigenvalue weighted by molar-refractivity contribution is -0.275. The third-order valence-corrected chi connectivity index (χ3v) is 2.66. The van der Waals surface area contributed by atoms with Gasteiger partial charge in [0.25, 0.3) is 5.56 Å². The fourth-order valence-electron chi connectivity index (χ4n) is 1.29. The van der Waals surface area contributed by atoms with E-state index in [0.29, 0.717) is 0 Å². The Kier molecular flexibility index (Phi) is 4.98. The minimum absolute atomic E-state index is 0.168. The van der Waals surface area contributed by atoms with Crippen LogP contribution < -0.4 is 10.3 Å². The average Bonchev–Trinajstić information content (AvgIpc) is 2.31. The second-order valence-corrected chi connectivity index (χ2v) is 3.96. The Morgan fingerprint density at radius 2 is 2.11 bits per heavy atom. The molecular weight excluding hydrogens is 335 g/mol. The van der Waals surface area contributed by atoms with Crippen molar-refractivity contribution in [3.63, 3.8) is 0 Å². The summed E-state index contributed by atoms with van der Waals surface area (Å²) in [5, 5.41) is 0.168. The first-order valence-electron chi connectivity index (χ1n) is 4.90. The summed E-state index contributed by atoms with van der Waals surface area (Å²) in [7, 11) is 1.15.